The minimum Gasteiger partial charge on any atom is -0.872 e. The molecule has 0 saturated carbocycles. The van der Waals surface area contributed by atoms with E-state index in [1.54, 1.807) is 328 Å². The van der Waals surface area contributed by atoms with Crippen LogP contribution in [0, 0.1) is 81.7 Å². The van der Waals surface area contributed by atoms with Crippen LogP contribution in [0.5, 0.6) is 0 Å². The maximum atomic E-state index is 11.8. The topological polar surface area (TPSA) is 311 Å². The van der Waals surface area contributed by atoms with E-state index < -0.39 is 0 Å². The summed E-state index contributed by atoms with van der Waals surface area (Å²) in [6.07, 6.45) is 18.6. The van der Waals surface area contributed by atoms with Crippen molar-refractivity contribution in [2.75, 3.05) is 26.4 Å². The first kappa shape index (κ1) is 101. The summed E-state index contributed by atoms with van der Waals surface area (Å²) >= 11 is 0. The maximum absolute atomic E-state index is 11.8. The molecule has 14 aromatic rings. The first-order chi connectivity index (χ1) is 60.6. The van der Waals surface area contributed by atoms with E-state index in [2.05, 4.69) is 19.9 Å². The summed E-state index contributed by atoms with van der Waals surface area (Å²) in [5.41, 5.74) is 6.30. The molecule has 2 saturated heterocycles. The van der Waals surface area contributed by atoms with Gasteiger partial charge in [0.25, 0.3) is 0 Å². The molecule has 2 radical (unpaired) electrons. The summed E-state index contributed by atoms with van der Waals surface area (Å²) in [7, 11) is 0. The summed E-state index contributed by atoms with van der Waals surface area (Å²) < 4.78 is 9.89. The number of rotatable bonds is 19. The number of carbonyl (C=O) groups is 6. The molecule has 2 aliphatic heterocycles. The molecule has 2 aromatic heterocycles. The van der Waals surface area contributed by atoms with Crippen LogP contribution in [-0.4, -0.2) is 81.1 Å². The zero-order valence-corrected chi connectivity index (χ0v) is 75.1. The van der Waals surface area contributed by atoms with Gasteiger partial charge in [-0.1, -0.05) is 399 Å². The molecule has 0 N–H and O–H groups in total. The van der Waals surface area contributed by atoms with Crippen LogP contribution in [0.3, 0.4) is 0 Å². The van der Waals surface area contributed by atoms with Gasteiger partial charge in [-0.3, -0.25) is 28.8 Å². The van der Waals surface area contributed by atoms with Crippen LogP contribution >= 0.6 is 0 Å². The molecule has 2 fully saturated rings. The Balaban J connectivity index is 0.000000222. The Labute approximate surface area is 799 Å². The molecule has 20 heteroatoms. The van der Waals surface area contributed by atoms with Gasteiger partial charge in [0.15, 0.2) is 46.3 Å². The van der Waals surface area contributed by atoms with Crippen molar-refractivity contribution in [3.8, 4) is 11.6 Å². The SMILES string of the molecule is C1CCOC1.C1CCOC1.O=C(/C=C(\[O-])c1ccccc1)c1ccccc1.O=C(/C=C(\[O-])c1ccccc1)c1ccccc1.O=C(/C=C(\[O-])c1ccccc1)c1ccccc1.O=C(/C=C(\[O-])c1ccccc1)c1ccccc1.O=C(/C=C(\[O-])c1ccccc1)c1ccccc1.O=C(/C=C(\[O-])c1ccccc1)c1ccccc1.[Nd+3].[Nd+3].c1cnc(-c2ncccn2)nc1. The summed E-state index contributed by atoms with van der Waals surface area (Å²) in [4.78, 5) is 86.6. The van der Waals surface area contributed by atoms with Gasteiger partial charge in [0.05, 0.1) is 0 Å². The molecule has 126 heavy (non-hydrogen) atoms. The summed E-state index contributed by atoms with van der Waals surface area (Å²) in [6, 6.07) is 109. The second kappa shape index (κ2) is 60.3. The third-order valence-electron chi connectivity index (χ3n) is 17.3. The van der Waals surface area contributed by atoms with Gasteiger partial charge in [0.1, 0.15) is 0 Å². The molecule has 0 amide bonds. The van der Waals surface area contributed by atoms with Crippen molar-refractivity contribution < 1.29 is 151 Å². The molecule has 12 aromatic carbocycles. The fourth-order valence-corrected chi connectivity index (χ4v) is 10.8. The van der Waals surface area contributed by atoms with Gasteiger partial charge in [-0.2, -0.15) is 0 Å². The second-order valence-corrected chi connectivity index (χ2v) is 26.4. The van der Waals surface area contributed by atoms with Crippen LogP contribution in [0.4, 0.5) is 0 Å². The van der Waals surface area contributed by atoms with Gasteiger partial charge in [0.2, 0.25) is 0 Å². The van der Waals surface area contributed by atoms with Crippen LogP contribution in [0.15, 0.2) is 437 Å². The molecule has 18 nitrogen and oxygen atoms in total. The van der Waals surface area contributed by atoms with E-state index in [4.69, 9.17) is 9.47 Å². The Morgan fingerprint density at radius 3 is 0.421 bits per heavy atom. The minimum atomic E-state index is -0.264. The zero-order chi connectivity index (χ0) is 87.8. The Morgan fingerprint density at radius 1 is 0.190 bits per heavy atom. The van der Waals surface area contributed by atoms with E-state index in [0.29, 0.717) is 78.4 Å². The molecule has 4 heterocycles. The minimum absolute atomic E-state index is 0. The molecule has 0 unspecified atom stereocenters. The normalized spacial score (nSPS) is 11.9. The summed E-state index contributed by atoms with van der Waals surface area (Å²) in [5, 5.41) is 70.5. The number of nitrogens with zero attached hydrogens (tertiary/aromatic N) is 4. The van der Waals surface area contributed by atoms with Crippen LogP contribution in [0.1, 0.15) is 121 Å². The third-order valence-corrected chi connectivity index (χ3v) is 17.3. The van der Waals surface area contributed by atoms with Crippen LogP contribution in [-0.2, 0) is 9.47 Å². The van der Waals surface area contributed by atoms with Crippen molar-refractivity contribution in [3.63, 3.8) is 0 Å². The fourth-order valence-electron chi connectivity index (χ4n) is 10.8. The molecule has 2 aliphatic rings. The largest absolute Gasteiger partial charge is 3.00 e. The number of ketones is 6. The molecule has 0 bridgehead atoms. The van der Waals surface area contributed by atoms with Gasteiger partial charge >= 0.3 is 81.7 Å². The van der Waals surface area contributed by atoms with E-state index >= 15 is 0 Å². The van der Waals surface area contributed by atoms with Crippen LogP contribution < -0.4 is 30.6 Å². The standard InChI is InChI=1S/6C15H12O2.C8H6N4.2C4H8O.2Nd/c6*16-14(12-7-3-1-4-8-12)11-15(17)13-9-5-2-6-10-13;1-3-9-7(10-4-1)8-11-5-2-6-12-8;2*1-2-4-5-3-1;;/h6*1-11,16H;1-6H;2*1-4H2;;/q;;;;;;;;;2*+3/p-6/b6*14-11-;;;;;. The van der Waals surface area contributed by atoms with E-state index in [0.717, 1.165) is 62.9 Å². The van der Waals surface area contributed by atoms with Gasteiger partial charge in [-0.05, 0) is 108 Å². The monoisotopic (exact) mass is 1920 g/mol. The molecule has 0 atom stereocenters. The van der Waals surface area contributed by atoms with Gasteiger partial charge in [-0.15, -0.1) is 0 Å². The first-order valence-corrected chi connectivity index (χ1v) is 39.5. The molecule has 624 valence electrons. The van der Waals surface area contributed by atoms with Crippen LogP contribution in [0.2, 0.25) is 0 Å². The summed E-state index contributed by atoms with van der Waals surface area (Å²) in [5.74, 6) is -2.07. The molecular weight excluding hydrogens is 1840 g/mol. The Bertz CT molecular complexity index is 4820. The number of hydrogen-bond acceptors (Lipinski definition) is 18. The van der Waals surface area contributed by atoms with Crippen molar-refractivity contribution in [2.24, 2.45) is 0 Å². The van der Waals surface area contributed by atoms with Crippen molar-refractivity contribution in [3.05, 3.63) is 504 Å². The second-order valence-electron chi connectivity index (χ2n) is 26.4. The van der Waals surface area contributed by atoms with Crippen molar-refractivity contribution in [2.45, 2.75) is 25.7 Å². The van der Waals surface area contributed by atoms with Crippen molar-refractivity contribution in [1.29, 1.82) is 0 Å². The van der Waals surface area contributed by atoms with Gasteiger partial charge in [-0.25, -0.2) is 19.9 Å². The number of carbonyl (C=O) groups excluding carboxylic acids is 6. The average Bonchev–Trinajstić information content (AvgIpc) is 1.55. The average molecular weight is 1930 g/mol. The van der Waals surface area contributed by atoms with Crippen molar-refractivity contribution >= 4 is 69.3 Å². The van der Waals surface area contributed by atoms with Crippen molar-refractivity contribution in [1.82, 2.24) is 19.9 Å². The third kappa shape index (κ3) is 39.0. The van der Waals surface area contributed by atoms with E-state index in [9.17, 15) is 59.4 Å². The van der Waals surface area contributed by atoms with Crippen LogP contribution in [0.25, 0.3) is 46.2 Å². The van der Waals surface area contributed by atoms with E-state index in [1.807, 2.05) is 72.8 Å². The van der Waals surface area contributed by atoms with E-state index in [1.165, 1.54) is 25.7 Å². The first-order valence-electron chi connectivity index (χ1n) is 39.5. The Hall–Kier alpha value is -13.3. The van der Waals surface area contributed by atoms with E-state index in [-0.39, 0.29) is 151 Å². The number of benzene rings is 12. The number of aromatic nitrogens is 4. The molecule has 16 rings (SSSR count). The molecule has 0 aliphatic carbocycles. The smallest absolute Gasteiger partial charge is 0.872 e. The van der Waals surface area contributed by atoms with Gasteiger partial charge in [0, 0.05) is 84.6 Å². The molecular formula is C106H88N4Nd2O14. The maximum Gasteiger partial charge on any atom is 3.00 e. The molecule has 0 spiro atoms. The number of hydrogen-bond donors (Lipinski definition) is 0. The summed E-state index contributed by atoms with van der Waals surface area (Å²) in [6.45, 7) is 4.00. The predicted octanol–water partition coefficient (Wildman–Crippen LogP) is 16.2. The predicted molar refractivity (Wildman–Crippen MR) is 474 cm³/mol. The Kier molecular flexibility index (Phi) is 48.5. The quantitative estimate of drug-likeness (QED) is 0.0412. The number of allylic oxidation sites excluding steroid dienone is 6. The van der Waals surface area contributed by atoms with Gasteiger partial charge < -0.3 is 40.1 Å². The zero-order valence-electron chi connectivity index (χ0n) is 68.7. The fraction of sp³-hybridized carbons (Fsp3) is 0.0755. The Morgan fingerprint density at radius 2 is 0.310 bits per heavy atom. The number of ether oxygens (including phenoxy) is 2.